The van der Waals surface area contributed by atoms with Crippen LogP contribution in [0.2, 0.25) is 0 Å². The number of carbonyl (C=O) groups is 1. The van der Waals surface area contributed by atoms with Gasteiger partial charge < -0.3 is 39.4 Å². The zero-order valence-corrected chi connectivity index (χ0v) is 86.4. The number of H-pyrrole nitrogens is 1. The van der Waals surface area contributed by atoms with E-state index in [4.69, 9.17) is 26.4 Å². The van der Waals surface area contributed by atoms with Crippen molar-refractivity contribution in [2.45, 2.75) is 0 Å². The Balaban J connectivity index is 0.000000139. The molecule has 1 N–H and O–H groups in total. The number of carbonyl (C=O) groups excluding carboxylic acids is 1. The summed E-state index contributed by atoms with van der Waals surface area (Å²) >= 11 is 0. The Morgan fingerprint density at radius 3 is 0.861 bits per heavy atom. The predicted octanol–water partition coefficient (Wildman–Crippen LogP) is 22.1. The second-order valence-electron chi connectivity index (χ2n) is 32.2. The molecule has 0 atom stereocenters. The summed E-state index contributed by atoms with van der Waals surface area (Å²) in [6, 6.07) is 142. The van der Waals surface area contributed by atoms with E-state index in [0.29, 0.717) is 29.0 Å². The first-order valence-electron chi connectivity index (χ1n) is 44.5. The minimum absolute atomic E-state index is 0. The van der Waals surface area contributed by atoms with Gasteiger partial charge in [0.25, 0.3) is 6.47 Å². The van der Waals surface area contributed by atoms with Gasteiger partial charge in [-0.25, -0.2) is 43.1 Å². The van der Waals surface area contributed by atoms with Crippen molar-refractivity contribution in [3.8, 4) is 96.8 Å². The number of hydrogen-bond acceptors (Lipinski definition) is 9. The van der Waals surface area contributed by atoms with Gasteiger partial charge in [0.2, 0.25) is 0 Å². The van der Waals surface area contributed by atoms with Crippen LogP contribution in [0.15, 0.2) is 425 Å². The number of rotatable bonds is 12. The van der Waals surface area contributed by atoms with Gasteiger partial charge in [0.1, 0.15) is 0 Å². The molecule has 137 heavy (non-hydrogen) atoms. The van der Waals surface area contributed by atoms with Crippen LogP contribution < -0.4 is 143 Å². The van der Waals surface area contributed by atoms with Gasteiger partial charge in [-0.15, -0.1) is 0 Å². The molecule has 0 aliphatic heterocycles. The second-order valence-corrected chi connectivity index (χ2v) is 32.2. The third-order valence-corrected chi connectivity index (χ3v) is 24.7. The number of nitrogens with one attached hydrogen (secondary N) is 1. The molecule has 0 saturated carbocycles. The first-order chi connectivity index (χ1) is 67.2. The average Bonchev–Trinajstić information content (AvgIpc) is 1.50. The molecule has 0 aliphatic rings. The fourth-order valence-corrected chi connectivity index (χ4v) is 19.2. The van der Waals surface area contributed by atoms with Crippen molar-refractivity contribution in [2.75, 3.05) is 7.15 Å². The van der Waals surface area contributed by atoms with Gasteiger partial charge in [-0.2, -0.15) is 0 Å². The van der Waals surface area contributed by atoms with Crippen molar-refractivity contribution >= 4 is 137 Å². The van der Waals surface area contributed by atoms with Crippen LogP contribution in [0.25, 0.3) is 228 Å². The maximum absolute atomic E-state index is 18.3. The summed E-state index contributed by atoms with van der Waals surface area (Å²) < 4.78 is 73.6. The normalized spacial score (nSPS) is 11.3. The summed E-state index contributed by atoms with van der Waals surface area (Å²) in [4.78, 5) is 43.2. The van der Waals surface area contributed by atoms with E-state index in [0.717, 1.165) is 122 Å². The van der Waals surface area contributed by atoms with Gasteiger partial charge in [-0.05, 0) is 109 Å². The molecule has 0 aliphatic carbocycles. The standard InChI is InChI=1S/C57H35FN6.C36H23N3.C21H13F2N3.CH3F.CH2O3.2Cs.H/c58-51-43(57-60-55(36-20-5-1-6-21-36)59-56(61-57)37-22-7-2-8-23-37)31-19-35-47(51)64-46-34-18-15-30-42(46)50-53-48(40-28-13-16-32-44(40)62(53)38-24-9-3-10-25-38)52-49(54(50)64)41-29-14-17-33-45(41)63(52)39-26-11-4-12-27-39;1-3-13-23(14-4-1)38-29-21-11-8-18-26(29)32-34-31(25-17-7-10-20-28(25)37-34)35-33(36(32)38)27-19-9-12-22-30(27)39(35)24-15-5-2-6-16-24;22-17-13-7-12-16(18(17)23)21-25-19(14-8-3-1-4-9-14)24-20(26-21)15-10-5-2-6-11-15;1-2;2-1-4-3;;;/h1-35H;1-22,37H;1-13H;1H3;1,3H;;;/q;;;;;2*+1;-1/p-1/i;;;1D;;;;. The van der Waals surface area contributed by atoms with E-state index in [9.17, 15) is 13.2 Å². The fraction of sp³-hybridized carbons (Fsp3) is 0.00862. The molecule has 0 amide bonds. The van der Waals surface area contributed by atoms with E-state index in [1.807, 2.05) is 140 Å². The molecule has 0 fully saturated rings. The van der Waals surface area contributed by atoms with Crippen molar-refractivity contribution in [1.82, 2.24) is 57.7 Å². The van der Waals surface area contributed by atoms with Crippen molar-refractivity contribution in [3.05, 3.63) is 442 Å². The predicted molar refractivity (Wildman–Crippen MR) is 535 cm³/mol. The summed E-state index contributed by atoms with van der Waals surface area (Å²) in [6.07, 6.45) is 0. The summed E-state index contributed by atoms with van der Waals surface area (Å²) in [5.41, 5.74) is 21.6. The first kappa shape index (κ1) is 89.6. The van der Waals surface area contributed by atoms with Crippen LogP contribution in [0.1, 0.15) is 2.80 Å². The molecule has 0 unspecified atom stereocenters. The summed E-state index contributed by atoms with van der Waals surface area (Å²) in [7, 11) is -1.00. The maximum Gasteiger partial charge on any atom is 1.00 e. The van der Waals surface area contributed by atoms with Crippen LogP contribution in [0.4, 0.5) is 17.6 Å². The summed E-state index contributed by atoms with van der Waals surface area (Å²) in [5, 5.41) is 22.4. The molecule has 0 spiro atoms. The minimum Gasteiger partial charge on any atom is -1.00 e. The van der Waals surface area contributed by atoms with Crippen LogP contribution in [-0.4, -0.2) is 71.3 Å². The molecule has 8 aromatic heterocycles. The van der Waals surface area contributed by atoms with Crippen molar-refractivity contribution in [1.29, 1.82) is 0 Å². The van der Waals surface area contributed by atoms with Gasteiger partial charge in [0, 0.05) is 115 Å². The molecule has 0 saturated heterocycles. The molecule has 0 radical (unpaired) electrons. The van der Waals surface area contributed by atoms with E-state index < -0.39 is 24.6 Å². The number of fused-ring (bicyclic) bond motifs is 24. The Hall–Kier alpha value is -14.0. The molecule has 8 heterocycles. The van der Waals surface area contributed by atoms with Crippen LogP contribution in [0.5, 0.6) is 0 Å². The number of aromatic nitrogens is 12. The van der Waals surface area contributed by atoms with Gasteiger partial charge in [0.05, 0.1) is 86.0 Å². The molecule has 26 aromatic rings. The van der Waals surface area contributed by atoms with E-state index >= 15 is 4.39 Å². The van der Waals surface area contributed by atoms with E-state index in [2.05, 4.69) is 309 Å². The molecule has 0 bridgehead atoms. The number of para-hydroxylation sites is 10. The summed E-state index contributed by atoms with van der Waals surface area (Å²) in [5.74, 6) is -0.258. The van der Waals surface area contributed by atoms with Crippen molar-refractivity contribution < 1.29 is 173 Å². The molecule has 15 nitrogen and oxygen atoms in total. The molecule has 648 valence electrons. The smallest absolute Gasteiger partial charge is 1.00 e. The van der Waals surface area contributed by atoms with E-state index in [-0.39, 0.29) is 168 Å². The monoisotopic (exact) mass is 2030 g/mol. The molecular formula is C116H76Cs2F4N12O3. The Kier molecular flexibility index (Phi) is 26.0. The third-order valence-electron chi connectivity index (χ3n) is 24.7. The quantitative estimate of drug-likeness (QED) is 0.0542. The number of alkyl halides is 1. The average molecular weight is 2030 g/mol. The van der Waals surface area contributed by atoms with Crippen molar-refractivity contribution in [3.63, 3.8) is 0 Å². The zero-order chi connectivity index (χ0) is 91.9. The van der Waals surface area contributed by atoms with Gasteiger partial charge in [-0.1, -0.05) is 315 Å². The van der Waals surface area contributed by atoms with E-state index in [1.54, 1.807) is 6.07 Å². The van der Waals surface area contributed by atoms with Crippen LogP contribution in [0.3, 0.4) is 0 Å². The molecule has 21 heteroatoms. The number of hydrogen-bond donors (Lipinski definition) is 1. The Labute approximate surface area is 902 Å². The number of nitrogens with zero attached hydrogens (tertiary/aromatic N) is 11. The Morgan fingerprint density at radius 1 is 0.292 bits per heavy atom. The first-order valence-corrected chi connectivity index (χ1v) is 43.7. The Bertz CT molecular complexity index is 8780. The molecule has 18 aromatic carbocycles. The maximum atomic E-state index is 18.3. The summed E-state index contributed by atoms with van der Waals surface area (Å²) in [6.45, 7) is -0.181. The van der Waals surface area contributed by atoms with Crippen molar-refractivity contribution in [2.24, 2.45) is 0 Å². The van der Waals surface area contributed by atoms with Gasteiger partial charge in [-0.3, -0.25) is 9.18 Å². The van der Waals surface area contributed by atoms with Crippen LogP contribution in [-0.2, 0) is 9.68 Å². The fourth-order valence-electron chi connectivity index (χ4n) is 19.2. The van der Waals surface area contributed by atoms with Gasteiger partial charge in [0.15, 0.2) is 52.4 Å². The van der Waals surface area contributed by atoms with Crippen LogP contribution in [0, 0.1) is 17.5 Å². The SMILES string of the molecule is Fc1c(-c2nc(-c3ccccc3)nc(-c3ccccc3)n2)cccc1-n1c2ccccc2c2c3c(c4ccccc4n3-c3ccccc3)c3c(c4ccccc4n3-c3ccccc3)c21.Fc1cccc(-c2nc(-c3ccccc3)nc(-c3ccccc3)n2)c1F.O=CO[O-].[2H]CF.[Cs+].[Cs+].[H-].c1ccc(-n2c3ccccc3c3c4[nH]c5ccccc5c4c4c(c5ccccc5n4-c4ccccc4)c32)cc1. The minimum atomic E-state index is -1.00. The zero-order valence-electron chi connectivity index (χ0n) is 75.9. The molecular weight excluding hydrogens is 1950 g/mol. The van der Waals surface area contributed by atoms with Crippen LogP contribution >= 0.6 is 0 Å². The number of halogens is 4. The number of aromatic amines is 1. The van der Waals surface area contributed by atoms with E-state index in [1.165, 1.54) is 72.0 Å². The Morgan fingerprint density at radius 2 is 0.533 bits per heavy atom. The largest absolute Gasteiger partial charge is 1.00 e. The topological polar surface area (TPSA) is 167 Å². The number of benzene rings is 18. The second kappa shape index (κ2) is 39.8. The molecule has 26 rings (SSSR count). The third kappa shape index (κ3) is 16.2. The van der Waals surface area contributed by atoms with Gasteiger partial charge >= 0.3 is 138 Å².